The van der Waals surface area contributed by atoms with E-state index in [2.05, 4.69) is 25.4 Å². The van der Waals surface area contributed by atoms with Crippen LogP contribution in [0.25, 0.3) is 21.3 Å². The minimum absolute atomic E-state index is 0.252. The van der Waals surface area contributed by atoms with Gasteiger partial charge in [0.05, 0.1) is 5.69 Å². The summed E-state index contributed by atoms with van der Waals surface area (Å²) >= 11 is 1.61. The van der Waals surface area contributed by atoms with Crippen molar-refractivity contribution in [3.8, 4) is 17.0 Å². The van der Waals surface area contributed by atoms with Gasteiger partial charge in [-0.15, -0.1) is 21.5 Å². The Hall–Kier alpha value is -2.25. The molecule has 2 N–H and O–H groups in total. The Balaban J connectivity index is 1.33. The average molecular weight is 396 g/mol. The fourth-order valence-electron chi connectivity index (χ4n) is 4.12. The molecule has 146 valence electrons. The number of thiophene rings is 1. The van der Waals surface area contributed by atoms with Gasteiger partial charge in [-0.05, 0) is 68.6 Å². The molecule has 0 amide bonds. The summed E-state index contributed by atoms with van der Waals surface area (Å²) in [5, 5.41) is 25.7. The van der Waals surface area contributed by atoms with E-state index in [1.165, 1.54) is 32.4 Å². The van der Waals surface area contributed by atoms with Crippen molar-refractivity contribution in [1.82, 2.24) is 20.1 Å². The van der Waals surface area contributed by atoms with Crippen LogP contribution in [0.4, 0.5) is 5.95 Å². The van der Waals surface area contributed by atoms with Crippen molar-refractivity contribution in [2.45, 2.75) is 38.6 Å². The summed E-state index contributed by atoms with van der Waals surface area (Å²) in [4.78, 5) is 7.21. The number of phenolic OH excluding ortho intramolecular Hbond substituents is 1. The van der Waals surface area contributed by atoms with Crippen LogP contribution >= 0.6 is 11.3 Å². The van der Waals surface area contributed by atoms with E-state index in [0.717, 1.165) is 34.7 Å². The Morgan fingerprint density at radius 3 is 2.93 bits per heavy atom. The third-order valence-corrected chi connectivity index (χ3v) is 6.66. The highest BCUT2D eigenvalue weighted by Gasteiger charge is 2.28. The number of aromatic nitrogens is 3. The molecule has 0 unspecified atom stereocenters. The zero-order chi connectivity index (χ0) is 19.1. The van der Waals surface area contributed by atoms with Crippen LogP contribution in [0.15, 0.2) is 23.6 Å². The number of fused-ring (bicyclic) bond motifs is 1. The lowest BCUT2D eigenvalue weighted by atomic mass is 10.1. The van der Waals surface area contributed by atoms with E-state index in [1.807, 2.05) is 30.5 Å². The smallest absolute Gasteiger partial charge is 0.243 e. The van der Waals surface area contributed by atoms with Crippen LogP contribution in [0.2, 0.25) is 0 Å². The van der Waals surface area contributed by atoms with Crippen molar-refractivity contribution in [3.63, 3.8) is 0 Å². The molecule has 3 aromatic rings. The second kappa shape index (κ2) is 7.29. The van der Waals surface area contributed by atoms with Gasteiger partial charge in [0.1, 0.15) is 11.4 Å². The zero-order valence-corrected chi connectivity index (χ0v) is 16.9. The van der Waals surface area contributed by atoms with E-state index in [0.29, 0.717) is 23.2 Å². The number of piperidine rings is 1. The summed E-state index contributed by atoms with van der Waals surface area (Å²) in [7, 11) is 0. The third-order valence-electron chi connectivity index (χ3n) is 5.78. The maximum absolute atomic E-state index is 10.6. The molecule has 0 spiro atoms. The molecule has 1 saturated carbocycles. The Kier molecular flexibility index (Phi) is 4.64. The summed E-state index contributed by atoms with van der Waals surface area (Å²) in [6.07, 6.45) is 5.14. The maximum Gasteiger partial charge on any atom is 0.243 e. The van der Waals surface area contributed by atoms with Gasteiger partial charge in [0, 0.05) is 34.8 Å². The quantitative estimate of drug-likeness (QED) is 0.679. The van der Waals surface area contributed by atoms with Gasteiger partial charge in [-0.3, -0.25) is 0 Å². The molecule has 5 rings (SSSR count). The van der Waals surface area contributed by atoms with E-state index < -0.39 is 0 Å². The Bertz CT molecular complexity index is 1000. The van der Waals surface area contributed by atoms with Crippen LogP contribution in [-0.2, 0) is 0 Å². The minimum Gasteiger partial charge on any atom is -0.507 e. The zero-order valence-electron chi connectivity index (χ0n) is 16.1. The topological polar surface area (TPSA) is 74.2 Å². The first kappa shape index (κ1) is 17.8. The van der Waals surface area contributed by atoms with Crippen LogP contribution in [0, 0.1) is 12.8 Å². The van der Waals surface area contributed by atoms with Crippen LogP contribution in [0.1, 0.15) is 31.4 Å². The fourth-order valence-corrected chi connectivity index (χ4v) is 4.91. The number of phenols is 1. The lowest BCUT2D eigenvalue weighted by molar-refractivity contribution is 0.208. The highest BCUT2D eigenvalue weighted by atomic mass is 32.1. The van der Waals surface area contributed by atoms with Gasteiger partial charge >= 0.3 is 0 Å². The molecule has 2 aliphatic rings. The number of likely N-dealkylation sites (tertiary alicyclic amines) is 1. The molecule has 1 aromatic carbocycles. The van der Waals surface area contributed by atoms with Gasteiger partial charge in [0.15, 0.2) is 0 Å². The molecule has 0 bridgehead atoms. The van der Waals surface area contributed by atoms with Crippen LogP contribution in [0.3, 0.4) is 0 Å². The first-order valence-electron chi connectivity index (χ1n) is 10.1. The molecular weight excluding hydrogens is 370 g/mol. The molecule has 7 heteroatoms. The SMILES string of the molecule is Cc1nc(N[C@@H]2CCCN(CC3CC3)C2)nnc1-c1ccc2sccc2c1O. The molecule has 2 aromatic heterocycles. The van der Waals surface area contributed by atoms with E-state index in [4.69, 9.17) is 0 Å². The molecule has 28 heavy (non-hydrogen) atoms. The molecule has 3 heterocycles. The van der Waals surface area contributed by atoms with E-state index in [9.17, 15) is 5.11 Å². The molecular formula is C21H25N5OS. The summed E-state index contributed by atoms with van der Waals surface area (Å²) in [5.74, 6) is 1.75. The molecule has 2 fully saturated rings. The summed E-state index contributed by atoms with van der Waals surface area (Å²) < 4.78 is 1.06. The number of hydrogen-bond donors (Lipinski definition) is 2. The Morgan fingerprint density at radius 1 is 1.21 bits per heavy atom. The molecule has 1 aliphatic heterocycles. The number of nitrogens with zero attached hydrogens (tertiary/aromatic N) is 4. The third kappa shape index (κ3) is 3.56. The predicted molar refractivity (Wildman–Crippen MR) is 113 cm³/mol. The van der Waals surface area contributed by atoms with Gasteiger partial charge in [-0.1, -0.05) is 0 Å². The lowest BCUT2D eigenvalue weighted by Gasteiger charge is -2.33. The normalized spacial score (nSPS) is 20.5. The Morgan fingerprint density at radius 2 is 2.11 bits per heavy atom. The first-order valence-corrected chi connectivity index (χ1v) is 10.9. The summed E-state index contributed by atoms with van der Waals surface area (Å²) in [6.45, 7) is 5.42. The van der Waals surface area contributed by atoms with E-state index >= 15 is 0 Å². The van der Waals surface area contributed by atoms with Crippen molar-refractivity contribution in [3.05, 3.63) is 29.3 Å². The second-order valence-corrected chi connectivity index (χ2v) is 9.00. The van der Waals surface area contributed by atoms with Crippen molar-refractivity contribution in [2.75, 3.05) is 25.0 Å². The number of hydrogen-bond acceptors (Lipinski definition) is 7. The molecule has 1 aliphatic carbocycles. The predicted octanol–water partition coefficient (Wildman–Crippen LogP) is 4.05. The molecule has 1 atom stereocenters. The van der Waals surface area contributed by atoms with Crippen molar-refractivity contribution in [2.24, 2.45) is 5.92 Å². The molecule has 6 nitrogen and oxygen atoms in total. The van der Waals surface area contributed by atoms with Gasteiger partial charge in [-0.25, -0.2) is 4.98 Å². The van der Waals surface area contributed by atoms with E-state index in [-0.39, 0.29) is 5.75 Å². The highest BCUT2D eigenvalue weighted by molar-refractivity contribution is 7.17. The number of rotatable bonds is 5. The van der Waals surface area contributed by atoms with Gasteiger partial charge in [-0.2, -0.15) is 0 Å². The molecule has 0 radical (unpaired) electrons. The fraction of sp³-hybridized carbons (Fsp3) is 0.476. The monoisotopic (exact) mass is 395 g/mol. The maximum atomic E-state index is 10.6. The summed E-state index contributed by atoms with van der Waals surface area (Å²) in [6, 6.07) is 6.21. The van der Waals surface area contributed by atoms with Crippen LogP contribution in [-0.4, -0.2) is 50.9 Å². The lowest BCUT2D eigenvalue weighted by Crippen LogP contribution is -2.43. The van der Waals surface area contributed by atoms with Gasteiger partial charge < -0.3 is 15.3 Å². The van der Waals surface area contributed by atoms with Crippen LogP contribution < -0.4 is 5.32 Å². The Labute approximate surface area is 168 Å². The number of aryl methyl sites for hydroxylation is 1. The van der Waals surface area contributed by atoms with Crippen LogP contribution in [0.5, 0.6) is 5.75 Å². The van der Waals surface area contributed by atoms with Crippen molar-refractivity contribution >= 4 is 27.4 Å². The molecule has 1 saturated heterocycles. The highest BCUT2D eigenvalue weighted by Crippen LogP contribution is 2.38. The number of aromatic hydroxyl groups is 1. The number of anilines is 1. The minimum atomic E-state index is 0.252. The van der Waals surface area contributed by atoms with Gasteiger partial charge in [0.25, 0.3) is 0 Å². The standard InChI is InChI=1S/C21H25N5OS/c1-13-19(17-6-7-18-16(20(17)27)8-10-28-18)24-25-21(22-13)23-15-3-2-9-26(12-15)11-14-4-5-14/h6-8,10,14-15,27H,2-5,9,11-12H2,1H3,(H,22,23,25)/t15-/m1/s1. The van der Waals surface area contributed by atoms with Crippen molar-refractivity contribution in [1.29, 1.82) is 0 Å². The second-order valence-electron chi connectivity index (χ2n) is 8.05. The number of nitrogens with one attached hydrogen (secondary N) is 1. The first-order chi connectivity index (χ1) is 13.7. The summed E-state index contributed by atoms with van der Waals surface area (Å²) in [5.41, 5.74) is 2.09. The van der Waals surface area contributed by atoms with Crippen molar-refractivity contribution < 1.29 is 5.11 Å². The number of benzene rings is 1. The largest absolute Gasteiger partial charge is 0.507 e. The van der Waals surface area contributed by atoms with E-state index in [1.54, 1.807) is 11.3 Å². The van der Waals surface area contributed by atoms with Gasteiger partial charge in [0.2, 0.25) is 5.95 Å². The average Bonchev–Trinajstić information content (AvgIpc) is 3.36.